The van der Waals surface area contributed by atoms with Gasteiger partial charge in [-0.2, -0.15) is 0 Å². The molecule has 0 aromatic rings. The van der Waals surface area contributed by atoms with Crippen LogP contribution in [0.2, 0.25) is 0 Å². The summed E-state index contributed by atoms with van der Waals surface area (Å²) in [6, 6.07) is 0. The van der Waals surface area contributed by atoms with Gasteiger partial charge in [0.05, 0.1) is 17.8 Å². The molecular weight excluding hydrogens is 154 g/mol. The lowest BCUT2D eigenvalue weighted by molar-refractivity contribution is -0.123. The van der Waals surface area contributed by atoms with Gasteiger partial charge in [-0.15, -0.1) is 0 Å². The first-order chi connectivity index (χ1) is 5.44. The summed E-state index contributed by atoms with van der Waals surface area (Å²) in [5, 5.41) is 10.3. The average Bonchev–Trinajstić information content (AvgIpc) is 2.26. The van der Waals surface area contributed by atoms with Crippen LogP contribution in [0.5, 0.6) is 0 Å². The van der Waals surface area contributed by atoms with Crippen molar-refractivity contribution in [1.82, 2.24) is 0 Å². The molecule has 1 rings (SSSR count). The number of aliphatic hydroxyl groups is 1. The minimum Gasteiger partial charge on any atom is -0.386 e. The van der Waals surface area contributed by atoms with Crippen LogP contribution in [0.1, 0.15) is 27.2 Å². The van der Waals surface area contributed by atoms with E-state index in [0.717, 1.165) is 0 Å². The highest BCUT2D eigenvalue weighted by Crippen LogP contribution is 2.40. The molecule has 0 spiro atoms. The minimum atomic E-state index is -0.748. The summed E-state index contributed by atoms with van der Waals surface area (Å²) in [4.78, 5) is 0. The molecule has 12 heavy (non-hydrogen) atoms. The van der Waals surface area contributed by atoms with Crippen LogP contribution < -0.4 is 5.73 Å². The number of hydrogen-bond donors (Lipinski definition) is 2. The first-order valence-electron chi connectivity index (χ1n) is 4.50. The molecule has 1 heterocycles. The average molecular weight is 173 g/mol. The molecule has 2 atom stereocenters. The van der Waals surface area contributed by atoms with Gasteiger partial charge in [-0.05, 0) is 26.3 Å². The standard InChI is InChI=1S/C9H19NO2/c1-7(6-10)9(11)4-5-12-8(9,2)3/h7,11H,4-6,10H2,1-3H3. The Hall–Kier alpha value is -0.120. The maximum absolute atomic E-state index is 10.3. The molecule has 0 aromatic carbocycles. The van der Waals surface area contributed by atoms with Gasteiger partial charge < -0.3 is 15.6 Å². The van der Waals surface area contributed by atoms with E-state index >= 15 is 0 Å². The van der Waals surface area contributed by atoms with Crippen LogP contribution in [0, 0.1) is 5.92 Å². The second-order valence-electron chi connectivity index (χ2n) is 4.17. The molecule has 0 aromatic heterocycles. The Morgan fingerprint density at radius 3 is 2.50 bits per heavy atom. The molecule has 1 aliphatic rings. The number of rotatable bonds is 2. The van der Waals surface area contributed by atoms with E-state index in [1.54, 1.807) is 0 Å². The molecule has 0 amide bonds. The van der Waals surface area contributed by atoms with Gasteiger partial charge >= 0.3 is 0 Å². The van der Waals surface area contributed by atoms with Gasteiger partial charge in [0.1, 0.15) is 0 Å². The summed E-state index contributed by atoms with van der Waals surface area (Å²) in [5.41, 5.74) is 4.34. The van der Waals surface area contributed by atoms with Crippen LogP contribution >= 0.6 is 0 Å². The van der Waals surface area contributed by atoms with E-state index < -0.39 is 11.2 Å². The number of ether oxygens (including phenoxy) is 1. The highest BCUT2D eigenvalue weighted by molar-refractivity contribution is 5.02. The summed E-state index contributed by atoms with van der Waals surface area (Å²) in [7, 11) is 0. The predicted molar refractivity (Wildman–Crippen MR) is 47.8 cm³/mol. The zero-order chi connectivity index (χ0) is 9.41. The first kappa shape index (κ1) is 9.96. The molecule has 0 saturated carbocycles. The zero-order valence-electron chi connectivity index (χ0n) is 8.13. The van der Waals surface area contributed by atoms with Crippen molar-refractivity contribution >= 4 is 0 Å². The van der Waals surface area contributed by atoms with E-state index in [4.69, 9.17) is 10.5 Å². The summed E-state index contributed by atoms with van der Waals surface area (Å²) in [6.07, 6.45) is 0.693. The van der Waals surface area contributed by atoms with Crippen molar-refractivity contribution in [3.8, 4) is 0 Å². The molecule has 1 saturated heterocycles. The van der Waals surface area contributed by atoms with Crippen molar-refractivity contribution in [3.05, 3.63) is 0 Å². The fourth-order valence-corrected chi connectivity index (χ4v) is 1.92. The molecule has 1 aliphatic heterocycles. The minimum absolute atomic E-state index is 0.0926. The van der Waals surface area contributed by atoms with Gasteiger partial charge in [0, 0.05) is 6.42 Å². The molecule has 1 fully saturated rings. The quantitative estimate of drug-likeness (QED) is 0.639. The highest BCUT2D eigenvalue weighted by Gasteiger charge is 2.51. The van der Waals surface area contributed by atoms with E-state index in [2.05, 4.69) is 0 Å². The summed E-state index contributed by atoms with van der Waals surface area (Å²) in [6.45, 7) is 6.95. The fraction of sp³-hybridized carbons (Fsp3) is 1.00. The van der Waals surface area contributed by atoms with Crippen molar-refractivity contribution in [1.29, 1.82) is 0 Å². The summed E-state index contributed by atoms with van der Waals surface area (Å²) in [5.74, 6) is 0.0926. The van der Waals surface area contributed by atoms with E-state index in [-0.39, 0.29) is 5.92 Å². The lowest BCUT2D eigenvalue weighted by Crippen LogP contribution is -2.53. The number of nitrogens with two attached hydrogens (primary N) is 1. The van der Waals surface area contributed by atoms with Crippen LogP contribution in [0.4, 0.5) is 0 Å². The SMILES string of the molecule is CC(CN)C1(O)CCOC1(C)C. The van der Waals surface area contributed by atoms with Crippen molar-refractivity contribution in [2.75, 3.05) is 13.2 Å². The van der Waals surface area contributed by atoms with Crippen LogP contribution in [-0.2, 0) is 4.74 Å². The summed E-state index contributed by atoms with van der Waals surface area (Å²) < 4.78 is 5.47. The molecule has 3 heteroatoms. The molecule has 0 radical (unpaired) electrons. The molecule has 3 nitrogen and oxygen atoms in total. The van der Waals surface area contributed by atoms with E-state index in [0.29, 0.717) is 19.6 Å². The first-order valence-corrected chi connectivity index (χ1v) is 4.50. The molecule has 3 N–H and O–H groups in total. The lowest BCUT2D eigenvalue weighted by atomic mass is 9.76. The van der Waals surface area contributed by atoms with Gasteiger partial charge in [-0.25, -0.2) is 0 Å². The lowest BCUT2D eigenvalue weighted by Gasteiger charge is -2.39. The van der Waals surface area contributed by atoms with E-state index in [1.165, 1.54) is 0 Å². The number of hydrogen-bond acceptors (Lipinski definition) is 3. The Morgan fingerprint density at radius 2 is 2.17 bits per heavy atom. The predicted octanol–water partition coefficient (Wildman–Crippen LogP) is 0.511. The van der Waals surface area contributed by atoms with Crippen molar-refractivity contribution in [3.63, 3.8) is 0 Å². The molecular formula is C9H19NO2. The monoisotopic (exact) mass is 173 g/mol. The van der Waals surface area contributed by atoms with Crippen LogP contribution in [0.3, 0.4) is 0 Å². The smallest absolute Gasteiger partial charge is 0.0989 e. The van der Waals surface area contributed by atoms with Crippen molar-refractivity contribution < 1.29 is 9.84 Å². The maximum Gasteiger partial charge on any atom is 0.0989 e. The van der Waals surface area contributed by atoms with Crippen LogP contribution in [0.15, 0.2) is 0 Å². The largest absolute Gasteiger partial charge is 0.386 e. The Bertz CT molecular complexity index is 170. The third-order valence-electron chi connectivity index (χ3n) is 3.16. The highest BCUT2D eigenvalue weighted by atomic mass is 16.5. The third kappa shape index (κ3) is 1.26. The van der Waals surface area contributed by atoms with E-state index in [1.807, 2.05) is 20.8 Å². The topological polar surface area (TPSA) is 55.5 Å². The molecule has 2 unspecified atom stereocenters. The van der Waals surface area contributed by atoms with Gasteiger partial charge in [-0.3, -0.25) is 0 Å². The van der Waals surface area contributed by atoms with Crippen LogP contribution in [-0.4, -0.2) is 29.5 Å². The Morgan fingerprint density at radius 1 is 1.58 bits per heavy atom. The molecule has 0 aliphatic carbocycles. The second kappa shape index (κ2) is 2.98. The fourth-order valence-electron chi connectivity index (χ4n) is 1.92. The Labute approximate surface area is 73.9 Å². The normalized spacial score (nSPS) is 36.8. The van der Waals surface area contributed by atoms with Crippen molar-refractivity contribution in [2.24, 2.45) is 11.7 Å². The molecule has 0 bridgehead atoms. The van der Waals surface area contributed by atoms with Crippen molar-refractivity contribution in [2.45, 2.75) is 38.4 Å². The van der Waals surface area contributed by atoms with E-state index in [9.17, 15) is 5.11 Å². The van der Waals surface area contributed by atoms with Gasteiger partial charge in [0.2, 0.25) is 0 Å². The Balaban J connectivity index is 2.82. The van der Waals surface area contributed by atoms with Crippen LogP contribution in [0.25, 0.3) is 0 Å². The van der Waals surface area contributed by atoms with Gasteiger partial charge in [-0.1, -0.05) is 6.92 Å². The third-order valence-corrected chi connectivity index (χ3v) is 3.16. The Kier molecular flexibility index (Phi) is 2.47. The van der Waals surface area contributed by atoms with Gasteiger partial charge in [0.25, 0.3) is 0 Å². The van der Waals surface area contributed by atoms with Gasteiger partial charge in [0.15, 0.2) is 0 Å². The zero-order valence-corrected chi connectivity index (χ0v) is 8.13. The summed E-state index contributed by atoms with van der Waals surface area (Å²) >= 11 is 0. The molecule has 72 valence electrons. The second-order valence-corrected chi connectivity index (χ2v) is 4.17. The maximum atomic E-state index is 10.3.